The first-order valence-corrected chi connectivity index (χ1v) is 5.77. The van der Waals surface area contributed by atoms with Crippen LogP contribution in [-0.2, 0) is 0 Å². The molecule has 0 radical (unpaired) electrons. The van der Waals surface area contributed by atoms with Crippen molar-refractivity contribution >= 4 is 5.96 Å². The molecule has 0 aliphatic rings. The lowest BCUT2D eigenvalue weighted by atomic mass is 10.0. The topological polar surface area (TPSA) is 50.4 Å². The van der Waals surface area contributed by atoms with Crippen LogP contribution in [0.4, 0.5) is 0 Å². The molecule has 3 N–H and O–H groups in total. The molecule has 1 atom stereocenters. The van der Waals surface area contributed by atoms with E-state index in [-0.39, 0.29) is 6.04 Å². The van der Waals surface area contributed by atoms with Crippen molar-refractivity contribution in [1.82, 2.24) is 5.32 Å². The van der Waals surface area contributed by atoms with Crippen LogP contribution in [0.15, 0.2) is 29.3 Å². The van der Waals surface area contributed by atoms with Gasteiger partial charge in [-0.05, 0) is 31.4 Å². The maximum absolute atomic E-state index is 5.79. The van der Waals surface area contributed by atoms with Gasteiger partial charge in [0.25, 0.3) is 0 Å². The number of hydrogen-bond donors (Lipinski definition) is 2. The van der Waals surface area contributed by atoms with Crippen LogP contribution in [-0.4, -0.2) is 12.5 Å². The van der Waals surface area contributed by atoms with E-state index in [1.807, 2.05) is 12.1 Å². The predicted molar refractivity (Wildman–Crippen MR) is 69.5 cm³/mol. The van der Waals surface area contributed by atoms with Gasteiger partial charge >= 0.3 is 0 Å². The summed E-state index contributed by atoms with van der Waals surface area (Å²) in [5, 5.41) is 3.20. The van der Waals surface area contributed by atoms with Crippen molar-refractivity contribution in [3.05, 3.63) is 35.4 Å². The van der Waals surface area contributed by atoms with Crippen molar-refractivity contribution in [1.29, 1.82) is 0 Å². The van der Waals surface area contributed by atoms with E-state index in [2.05, 4.69) is 43.2 Å². The Balaban J connectivity index is 2.65. The number of aryl methyl sites for hydroxylation is 1. The molecule has 1 unspecified atom stereocenters. The fourth-order valence-corrected chi connectivity index (χ4v) is 1.65. The van der Waals surface area contributed by atoms with Crippen LogP contribution in [0.2, 0.25) is 0 Å². The van der Waals surface area contributed by atoms with Crippen molar-refractivity contribution in [2.75, 3.05) is 6.54 Å². The summed E-state index contributed by atoms with van der Waals surface area (Å²) in [7, 11) is 0. The molecular weight excluding hydrogens is 198 g/mol. The third kappa shape index (κ3) is 3.57. The predicted octanol–water partition coefficient (Wildman–Crippen LogP) is 2.37. The normalized spacial score (nSPS) is 13.6. The molecule has 1 rings (SSSR count). The van der Waals surface area contributed by atoms with Gasteiger partial charge < -0.3 is 11.1 Å². The Morgan fingerprint density at radius 1 is 1.44 bits per heavy atom. The van der Waals surface area contributed by atoms with Crippen molar-refractivity contribution in [2.24, 2.45) is 10.7 Å². The van der Waals surface area contributed by atoms with Gasteiger partial charge in [-0.15, -0.1) is 0 Å². The molecule has 1 aromatic rings. The van der Waals surface area contributed by atoms with Gasteiger partial charge in [-0.25, -0.2) is 0 Å². The standard InChI is InChI=1S/C13H21N3/c1-4-9-15-13(14)16-11(3)12-8-6-5-7-10(12)2/h5-8,11H,4,9H2,1-3H3,(H3,14,15,16). The Morgan fingerprint density at radius 3 is 2.75 bits per heavy atom. The second-order valence-electron chi connectivity index (χ2n) is 3.99. The van der Waals surface area contributed by atoms with E-state index in [9.17, 15) is 0 Å². The number of nitrogens with two attached hydrogens (primary N) is 1. The minimum Gasteiger partial charge on any atom is -0.370 e. The summed E-state index contributed by atoms with van der Waals surface area (Å²) in [5.74, 6) is 0.526. The highest BCUT2D eigenvalue weighted by Crippen LogP contribution is 2.16. The number of nitrogens with one attached hydrogen (secondary N) is 1. The molecule has 0 amide bonds. The third-order valence-corrected chi connectivity index (χ3v) is 2.53. The second kappa shape index (κ2) is 6.16. The highest BCUT2D eigenvalue weighted by Gasteiger charge is 2.07. The van der Waals surface area contributed by atoms with E-state index < -0.39 is 0 Å². The molecular formula is C13H21N3. The molecule has 0 bridgehead atoms. The first-order chi connectivity index (χ1) is 7.65. The van der Waals surface area contributed by atoms with Gasteiger partial charge in [0.1, 0.15) is 0 Å². The second-order valence-corrected chi connectivity index (χ2v) is 3.99. The van der Waals surface area contributed by atoms with E-state index in [1.54, 1.807) is 0 Å². The maximum Gasteiger partial charge on any atom is 0.189 e. The first kappa shape index (κ1) is 12.6. The number of guanidine groups is 1. The number of hydrogen-bond acceptors (Lipinski definition) is 1. The lowest BCUT2D eigenvalue weighted by Gasteiger charge is -2.16. The van der Waals surface area contributed by atoms with E-state index >= 15 is 0 Å². The Kier molecular flexibility index (Phi) is 4.83. The van der Waals surface area contributed by atoms with E-state index in [0.29, 0.717) is 5.96 Å². The van der Waals surface area contributed by atoms with Crippen LogP contribution in [0.25, 0.3) is 0 Å². The van der Waals surface area contributed by atoms with Gasteiger partial charge in [0.2, 0.25) is 0 Å². The quantitative estimate of drug-likeness (QED) is 0.603. The van der Waals surface area contributed by atoms with Crippen LogP contribution in [0.1, 0.15) is 37.4 Å². The van der Waals surface area contributed by atoms with Gasteiger partial charge in [0.15, 0.2) is 5.96 Å². The minimum absolute atomic E-state index is 0.196. The van der Waals surface area contributed by atoms with Crippen molar-refractivity contribution in [3.63, 3.8) is 0 Å². The molecule has 0 aromatic heterocycles. The number of benzene rings is 1. The van der Waals surface area contributed by atoms with Gasteiger partial charge in [-0.3, -0.25) is 4.99 Å². The lowest BCUT2D eigenvalue weighted by molar-refractivity contribution is 0.702. The third-order valence-electron chi connectivity index (χ3n) is 2.53. The molecule has 0 aliphatic heterocycles. The first-order valence-electron chi connectivity index (χ1n) is 5.77. The molecule has 0 fully saturated rings. The van der Waals surface area contributed by atoms with Gasteiger partial charge in [0.05, 0.1) is 6.04 Å². The monoisotopic (exact) mass is 219 g/mol. The average molecular weight is 219 g/mol. The molecule has 16 heavy (non-hydrogen) atoms. The molecule has 1 aromatic carbocycles. The molecule has 0 spiro atoms. The van der Waals surface area contributed by atoms with E-state index in [4.69, 9.17) is 5.73 Å². The zero-order chi connectivity index (χ0) is 12.0. The van der Waals surface area contributed by atoms with Crippen LogP contribution >= 0.6 is 0 Å². The van der Waals surface area contributed by atoms with Gasteiger partial charge in [-0.2, -0.15) is 0 Å². The smallest absolute Gasteiger partial charge is 0.189 e. The van der Waals surface area contributed by atoms with Crippen molar-refractivity contribution in [3.8, 4) is 0 Å². The maximum atomic E-state index is 5.79. The number of nitrogens with zero attached hydrogens (tertiary/aromatic N) is 1. The molecule has 88 valence electrons. The summed E-state index contributed by atoms with van der Waals surface area (Å²) in [4.78, 5) is 4.22. The summed E-state index contributed by atoms with van der Waals surface area (Å²) in [6.45, 7) is 7.06. The molecule has 0 saturated carbocycles. The van der Waals surface area contributed by atoms with Crippen molar-refractivity contribution < 1.29 is 0 Å². The fourth-order valence-electron chi connectivity index (χ4n) is 1.65. The zero-order valence-corrected chi connectivity index (χ0v) is 10.3. The minimum atomic E-state index is 0.196. The Hall–Kier alpha value is -1.51. The van der Waals surface area contributed by atoms with E-state index in [1.165, 1.54) is 11.1 Å². The Labute approximate surface area is 97.8 Å². The van der Waals surface area contributed by atoms with E-state index in [0.717, 1.165) is 13.0 Å². The van der Waals surface area contributed by atoms with Crippen LogP contribution in [0.3, 0.4) is 0 Å². The molecule has 0 heterocycles. The lowest BCUT2D eigenvalue weighted by Crippen LogP contribution is -2.34. The van der Waals surface area contributed by atoms with Crippen LogP contribution in [0.5, 0.6) is 0 Å². The van der Waals surface area contributed by atoms with Crippen LogP contribution in [0, 0.1) is 6.92 Å². The molecule has 0 saturated heterocycles. The Morgan fingerprint density at radius 2 is 2.12 bits per heavy atom. The summed E-state index contributed by atoms with van der Waals surface area (Å²) >= 11 is 0. The fraction of sp³-hybridized carbons (Fsp3) is 0.462. The highest BCUT2D eigenvalue weighted by atomic mass is 15.1. The summed E-state index contributed by atoms with van der Waals surface area (Å²) in [5.41, 5.74) is 8.32. The zero-order valence-electron chi connectivity index (χ0n) is 10.3. The summed E-state index contributed by atoms with van der Waals surface area (Å²) < 4.78 is 0. The molecule has 3 nitrogen and oxygen atoms in total. The summed E-state index contributed by atoms with van der Waals surface area (Å²) in [6, 6.07) is 8.49. The molecule has 0 aliphatic carbocycles. The highest BCUT2D eigenvalue weighted by molar-refractivity contribution is 5.78. The van der Waals surface area contributed by atoms with Crippen LogP contribution < -0.4 is 11.1 Å². The Bertz CT molecular complexity index is 358. The average Bonchev–Trinajstić information content (AvgIpc) is 2.26. The van der Waals surface area contributed by atoms with Gasteiger partial charge in [-0.1, -0.05) is 31.2 Å². The molecule has 3 heteroatoms. The summed E-state index contributed by atoms with van der Waals surface area (Å²) in [6.07, 6.45) is 1.02. The largest absolute Gasteiger partial charge is 0.370 e. The SMILES string of the molecule is CCCN=C(N)NC(C)c1ccccc1C. The van der Waals surface area contributed by atoms with Crippen molar-refractivity contribution in [2.45, 2.75) is 33.2 Å². The van der Waals surface area contributed by atoms with Gasteiger partial charge in [0, 0.05) is 6.54 Å². The number of aliphatic imine (C=N–C) groups is 1. The number of rotatable bonds is 4.